The average molecular weight is 564 g/mol. The number of amides is 1. The number of hydrogen-bond acceptors (Lipinski definition) is 9. The second-order valence-electron chi connectivity index (χ2n) is 10.1. The van der Waals surface area contributed by atoms with Crippen LogP contribution in [-0.4, -0.2) is 75.0 Å². The minimum Gasteiger partial charge on any atom is -0.459 e. The van der Waals surface area contributed by atoms with Crippen LogP contribution in [0.15, 0.2) is 36.4 Å². The molecule has 1 amide bonds. The molecule has 1 aliphatic heterocycles. The molecule has 9 nitrogen and oxygen atoms in total. The number of unbranched alkanes of at least 4 members (excludes halogenated alkanes) is 2. The summed E-state index contributed by atoms with van der Waals surface area (Å²) in [6.45, 7) is 0.912. The Hall–Kier alpha value is -2.34. The van der Waals surface area contributed by atoms with Crippen LogP contribution in [0.3, 0.4) is 0 Å². The van der Waals surface area contributed by atoms with Crippen molar-refractivity contribution in [1.82, 2.24) is 0 Å². The van der Waals surface area contributed by atoms with Crippen LogP contribution in [-0.2, 0) is 16.0 Å². The molecule has 4 unspecified atom stereocenters. The van der Waals surface area contributed by atoms with Crippen LogP contribution in [0.25, 0.3) is 0 Å². The third-order valence-corrected chi connectivity index (χ3v) is 8.27. The minimum absolute atomic E-state index is 0.101. The molecule has 0 radical (unpaired) electrons. The first-order chi connectivity index (χ1) is 18.7. The summed E-state index contributed by atoms with van der Waals surface area (Å²) in [6.07, 6.45) is 2.49. The molecule has 5 N–H and O–H groups in total. The molecule has 1 saturated heterocycles. The summed E-state index contributed by atoms with van der Waals surface area (Å²) in [7, 11) is 0. The van der Waals surface area contributed by atoms with Gasteiger partial charge in [0.2, 0.25) is 5.91 Å². The number of hydrogen-bond donors (Lipinski definition) is 5. The Bertz CT molecular complexity index is 1040. The normalized spacial score (nSPS) is 18.7. The van der Waals surface area contributed by atoms with E-state index in [-0.39, 0.29) is 11.9 Å². The molecule has 2 heterocycles. The van der Waals surface area contributed by atoms with Gasteiger partial charge < -0.3 is 35.2 Å². The molecule has 0 spiro atoms. The van der Waals surface area contributed by atoms with Crippen molar-refractivity contribution in [1.29, 1.82) is 0 Å². The number of rotatable bonds is 16. The topological polar surface area (TPSA) is 148 Å². The zero-order valence-electron chi connectivity index (χ0n) is 22.4. The Balaban J connectivity index is 1.48. The fourth-order valence-corrected chi connectivity index (χ4v) is 5.76. The molecule has 0 saturated carbocycles. The van der Waals surface area contributed by atoms with E-state index >= 15 is 0 Å². The van der Waals surface area contributed by atoms with Crippen LogP contribution in [0.2, 0.25) is 0 Å². The van der Waals surface area contributed by atoms with Gasteiger partial charge in [0.25, 0.3) is 0 Å². The van der Waals surface area contributed by atoms with Crippen molar-refractivity contribution in [2.75, 3.05) is 18.1 Å². The second kappa shape index (κ2) is 15.4. The molecule has 3 rings (SSSR count). The number of thiophene rings is 1. The number of benzene rings is 1. The van der Waals surface area contributed by atoms with Crippen molar-refractivity contribution >= 4 is 28.9 Å². The zero-order chi connectivity index (χ0) is 28.4. The van der Waals surface area contributed by atoms with Crippen LogP contribution >= 0.6 is 11.3 Å². The fourth-order valence-electron chi connectivity index (χ4n) is 4.81. The van der Waals surface area contributed by atoms with Crippen molar-refractivity contribution in [3.8, 4) is 0 Å². The lowest BCUT2D eigenvalue weighted by atomic mass is 10.0. The molecule has 1 aliphatic rings. The van der Waals surface area contributed by atoms with E-state index in [1.807, 2.05) is 35.2 Å². The smallest absolute Gasteiger partial charge is 0.348 e. The van der Waals surface area contributed by atoms with Gasteiger partial charge in [-0.15, -0.1) is 11.3 Å². The lowest BCUT2D eigenvalue weighted by Gasteiger charge is -2.25. The third kappa shape index (κ3) is 8.83. The summed E-state index contributed by atoms with van der Waals surface area (Å²) in [5.41, 5.74) is 1.73. The maximum atomic E-state index is 12.7. The molecular formula is C29H41NO8S. The van der Waals surface area contributed by atoms with Crippen LogP contribution < -0.4 is 4.90 Å². The maximum Gasteiger partial charge on any atom is 0.348 e. The third-order valence-electron chi connectivity index (χ3n) is 7.15. The number of carbonyl (C=O) groups excluding carboxylic acids is 2. The monoisotopic (exact) mass is 563 g/mol. The van der Waals surface area contributed by atoms with E-state index in [0.29, 0.717) is 11.3 Å². The summed E-state index contributed by atoms with van der Waals surface area (Å²) in [4.78, 5) is 28.2. The number of aryl methyl sites for hydroxylation is 1. The van der Waals surface area contributed by atoms with Gasteiger partial charge >= 0.3 is 5.97 Å². The van der Waals surface area contributed by atoms with Crippen molar-refractivity contribution in [3.05, 3.63) is 51.7 Å². The molecule has 1 aromatic carbocycles. The summed E-state index contributed by atoms with van der Waals surface area (Å²) in [5, 5.41) is 48.1. The van der Waals surface area contributed by atoms with Gasteiger partial charge in [0.15, 0.2) is 0 Å². The highest BCUT2D eigenvalue weighted by atomic mass is 32.1. The van der Waals surface area contributed by atoms with E-state index in [1.165, 1.54) is 11.3 Å². The SMILES string of the molecule is CCCCC[C@H](O)c1ccc(N2C(=O)CCC2CCCc2ccc(C(=O)OCC(O)C(O)C(O)CO)s2)cc1. The van der Waals surface area contributed by atoms with Gasteiger partial charge in [-0.3, -0.25) is 4.79 Å². The number of esters is 1. The molecule has 0 aliphatic carbocycles. The fraction of sp³-hybridized carbons (Fsp3) is 0.586. The van der Waals surface area contributed by atoms with E-state index in [4.69, 9.17) is 9.84 Å². The van der Waals surface area contributed by atoms with E-state index in [2.05, 4.69) is 6.92 Å². The Kier molecular flexibility index (Phi) is 12.4. The van der Waals surface area contributed by atoms with Crippen molar-refractivity contribution in [2.24, 2.45) is 0 Å². The van der Waals surface area contributed by atoms with E-state index in [1.54, 1.807) is 6.07 Å². The second-order valence-corrected chi connectivity index (χ2v) is 11.3. The lowest BCUT2D eigenvalue weighted by Crippen LogP contribution is -2.42. The molecular weight excluding hydrogens is 522 g/mol. The van der Waals surface area contributed by atoms with Crippen LogP contribution in [0.5, 0.6) is 0 Å². The predicted octanol–water partition coefficient (Wildman–Crippen LogP) is 3.11. The van der Waals surface area contributed by atoms with Gasteiger partial charge in [-0.05, 0) is 61.9 Å². The largest absolute Gasteiger partial charge is 0.459 e. The van der Waals surface area contributed by atoms with Gasteiger partial charge in [-0.1, -0.05) is 38.3 Å². The van der Waals surface area contributed by atoms with Gasteiger partial charge in [-0.2, -0.15) is 0 Å². The van der Waals surface area contributed by atoms with Crippen LogP contribution in [0.4, 0.5) is 5.69 Å². The van der Waals surface area contributed by atoms with Crippen LogP contribution in [0, 0.1) is 0 Å². The van der Waals surface area contributed by atoms with Crippen molar-refractivity contribution < 1.29 is 39.9 Å². The maximum absolute atomic E-state index is 12.7. The Morgan fingerprint density at radius 1 is 1.05 bits per heavy atom. The number of aliphatic hydroxyl groups excluding tert-OH is 5. The molecule has 216 valence electrons. The molecule has 1 aromatic heterocycles. The van der Waals surface area contributed by atoms with Gasteiger partial charge in [0.1, 0.15) is 29.8 Å². The Labute approximate surface area is 233 Å². The molecule has 10 heteroatoms. The molecule has 5 atom stereocenters. The number of aliphatic hydroxyl groups is 5. The van der Waals surface area contributed by atoms with Gasteiger partial charge in [-0.25, -0.2) is 4.79 Å². The van der Waals surface area contributed by atoms with Crippen molar-refractivity contribution in [2.45, 2.75) is 95.2 Å². The molecule has 39 heavy (non-hydrogen) atoms. The van der Waals surface area contributed by atoms with E-state index in [9.17, 15) is 30.0 Å². The first-order valence-corrected chi connectivity index (χ1v) is 14.6. The summed E-state index contributed by atoms with van der Waals surface area (Å²) >= 11 is 1.29. The summed E-state index contributed by atoms with van der Waals surface area (Å²) in [5.74, 6) is -0.529. The first kappa shape index (κ1) is 31.2. The summed E-state index contributed by atoms with van der Waals surface area (Å²) < 4.78 is 5.04. The summed E-state index contributed by atoms with van der Waals surface area (Å²) in [6, 6.07) is 11.3. The number of anilines is 1. The standard InChI is InChI=1S/C29H41NO8S/c1-2-3-4-8-23(32)19-9-11-21(12-10-19)30-20(13-16-27(30)35)6-5-7-22-14-15-26(39-22)29(37)38-18-25(34)28(36)24(33)17-31/h9-12,14-15,20,23-25,28,31-34,36H,2-8,13,16-18H2,1H3/t20?,23-,24?,25?,28?/m0/s1. The predicted molar refractivity (Wildman–Crippen MR) is 149 cm³/mol. The number of carbonyl (C=O) groups is 2. The lowest BCUT2D eigenvalue weighted by molar-refractivity contribution is -0.117. The quantitative estimate of drug-likeness (QED) is 0.155. The molecule has 2 aromatic rings. The van der Waals surface area contributed by atoms with Crippen LogP contribution in [0.1, 0.15) is 84.5 Å². The molecule has 0 bridgehead atoms. The first-order valence-electron chi connectivity index (χ1n) is 13.8. The highest BCUT2D eigenvalue weighted by molar-refractivity contribution is 7.13. The average Bonchev–Trinajstić information content (AvgIpc) is 3.57. The Morgan fingerprint density at radius 3 is 2.49 bits per heavy atom. The minimum atomic E-state index is -1.62. The highest BCUT2D eigenvalue weighted by Crippen LogP contribution is 2.31. The Morgan fingerprint density at radius 2 is 1.79 bits per heavy atom. The zero-order valence-corrected chi connectivity index (χ0v) is 23.3. The van der Waals surface area contributed by atoms with Gasteiger partial charge in [0, 0.05) is 23.0 Å². The van der Waals surface area contributed by atoms with E-state index in [0.717, 1.165) is 67.5 Å². The molecule has 1 fully saturated rings. The highest BCUT2D eigenvalue weighted by Gasteiger charge is 2.32. The van der Waals surface area contributed by atoms with Gasteiger partial charge in [0.05, 0.1) is 12.7 Å². The van der Waals surface area contributed by atoms with E-state index < -0.39 is 43.6 Å². The van der Waals surface area contributed by atoms with Crippen molar-refractivity contribution in [3.63, 3.8) is 0 Å². The number of ether oxygens (including phenoxy) is 1. The number of nitrogens with zero attached hydrogens (tertiary/aromatic N) is 1.